The van der Waals surface area contributed by atoms with Crippen molar-refractivity contribution < 1.29 is 19.4 Å². The van der Waals surface area contributed by atoms with Crippen LogP contribution in [0.25, 0.3) is 0 Å². The van der Waals surface area contributed by atoms with Gasteiger partial charge in [0.05, 0.1) is 19.3 Å². The summed E-state index contributed by atoms with van der Waals surface area (Å²) in [5.74, 6) is 1.18. The van der Waals surface area contributed by atoms with Crippen molar-refractivity contribution in [3.8, 4) is 11.6 Å². The number of H-pyrrole nitrogens is 1. The number of aromatic amines is 1. The molecule has 1 atom stereocenters. The molecule has 152 valence electrons. The maximum atomic E-state index is 8.87. The third-order valence-corrected chi connectivity index (χ3v) is 5.28. The number of benzene rings is 1. The van der Waals surface area contributed by atoms with Crippen molar-refractivity contribution in [1.82, 2.24) is 19.8 Å². The summed E-state index contributed by atoms with van der Waals surface area (Å²) in [5, 5.41) is 21.2. The fraction of sp³-hybridized carbons (Fsp3) is 0.500. The van der Waals surface area contributed by atoms with Crippen molar-refractivity contribution in [3.05, 3.63) is 40.8 Å². The summed E-state index contributed by atoms with van der Waals surface area (Å²) in [6.45, 7) is 4.62. The number of aromatic nitrogens is 2. The minimum Gasteiger partial charge on any atom is -0.498 e. The van der Waals surface area contributed by atoms with Gasteiger partial charge in [-0.2, -0.15) is 0 Å². The van der Waals surface area contributed by atoms with Gasteiger partial charge in [-0.25, -0.2) is 0 Å². The fourth-order valence-corrected chi connectivity index (χ4v) is 3.85. The molecule has 0 saturated carbocycles. The Morgan fingerprint density at radius 2 is 2.04 bits per heavy atom. The molecule has 2 aromatic rings. The molecule has 1 fully saturated rings. The molecule has 8 nitrogen and oxygen atoms in total. The largest absolute Gasteiger partial charge is 0.708 e. The fourth-order valence-electron chi connectivity index (χ4n) is 3.61. The molecule has 2 heterocycles. The number of unbranched alkanes of at least 4 members (excludes halogenated alkanes) is 1. The van der Waals surface area contributed by atoms with Crippen LogP contribution in [-0.4, -0.2) is 65.1 Å². The zero-order valence-corrected chi connectivity index (χ0v) is 16.8. The summed E-state index contributed by atoms with van der Waals surface area (Å²) in [5.41, 5.74) is 1.22. The molecule has 1 unspecified atom stereocenters. The Labute approximate surface area is 170 Å². The van der Waals surface area contributed by atoms with Gasteiger partial charge in [0.2, 0.25) is 0 Å². The molecule has 1 aliphatic heterocycles. The predicted molar refractivity (Wildman–Crippen MR) is 110 cm³/mol. The molecular weight excluding hydrogens is 379 g/mol. The van der Waals surface area contributed by atoms with Crippen LogP contribution < -0.4 is 14.7 Å². The van der Waals surface area contributed by atoms with E-state index in [-0.39, 0.29) is 5.88 Å². The highest BCUT2D eigenvalue weighted by molar-refractivity contribution is 7.71. The number of para-hydroxylation sites is 1. The lowest BCUT2D eigenvalue weighted by atomic mass is 10.0. The average molecular weight is 406 g/mol. The average Bonchev–Trinajstić information content (AvgIpc) is 3.03. The van der Waals surface area contributed by atoms with Crippen LogP contribution in [0.4, 0.5) is 0 Å². The van der Waals surface area contributed by atoms with E-state index in [9.17, 15) is 0 Å². The second-order valence-corrected chi connectivity index (χ2v) is 7.15. The summed E-state index contributed by atoms with van der Waals surface area (Å²) in [6.07, 6.45) is 3.64. The number of rotatable bonds is 9. The van der Waals surface area contributed by atoms with Crippen molar-refractivity contribution in [1.29, 1.82) is 0 Å². The molecule has 1 saturated heterocycles. The van der Waals surface area contributed by atoms with Crippen LogP contribution in [0.15, 0.2) is 30.5 Å². The zero-order valence-electron chi connectivity index (χ0n) is 16.0. The number of piperazine rings is 1. The number of aryl methyl sites for hydroxylation is 1. The second-order valence-electron chi connectivity index (χ2n) is 6.77. The van der Waals surface area contributed by atoms with Crippen LogP contribution in [-0.2, 0) is 6.54 Å². The predicted octanol–water partition coefficient (Wildman–Crippen LogP) is 1.33. The van der Waals surface area contributed by atoms with E-state index in [1.807, 2.05) is 16.7 Å². The molecule has 1 aromatic heterocycles. The number of hydrogen-bond acceptors (Lipinski definition) is 7. The van der Waals surface area contributed by atoms with E-state index in [4.69, 9.17) is 31.7 Å². The van der Waals surface area contributed by atoms with Crippen LogP contribution >= 0.6 is 12.2 Å². The first kappa shape index (κ1) is 20.9. The Bertz CT molecular complexity index is 813. The number of methoxy groups -OCH3 is 1. The lowest BCUT2D eigenvalue weighted by Crippen LogP contribution is -2.46. The van der Waals surface area contributed by atoms with Crippen LogP contribution in [0.2, 0.25) is 0 Å². The second kappa shape index (κ2) is 10.1. The first-order valence-electron chi connectivity index (χ1n) is 9.48. The molecule has 0 radical (unpaired) electrons. The number of nitrogens with zero attached hydrogens (tertiary/aromatic N) is 2. The first-order valence-corrected chi connectivity index (χ1v) is 9.89. The van der Waals surface area contributed by atoms with Crippen LogP contribution in [0.5, 0.6) is 11.6 Å². The Kier molecular flexibility index (Phi) is 7.52. The number of imidazole rings is 1. The lowest BCUT2D eigenvalue weighted by Gasteiger charge is -2.37. The van der Waals surface area contributed by atoms with Crippen molar-refractivity contribution in [2.24, 2.45) is 0 Å². The molecule has 28 heavy (non-hydrogen) atoms. The molecule has 0 amide bonds. The van der Waals surface area contributed by atoms with Crippen LogP contribution in [0.3, 0.4) is 0 Å². The van der Waals surface area contributed by atoms with Crippen LogP contribution in [0.1, 0.15) is 24.4 Å². The zero-order chi connectivity index (χ0) is 19.9. The minimum atomic E-state index is -1.86. The topological polar surface area (TPSA) is 94.9 Å². The van der Waals surface area contributed by atoms with Crippen molar-refractivity contribution >= 4 is 19.5 Å². The monoisotopic (exact) mass is 406 g/mol. The summed E-state index contributed by atoms with van der Waals surface area (Å²) in [7, 11) is -0.144. The molecular formula is C18H27BN4O4S. The van der Waals surface area contributed by atoms with Crippen molar-refractivity contribution in [3.63, 3.8) is 0 Å². The van der Waals surface area contributed by atoms with Crippen LogP contribution in [0, 0.1) is 4.77 Å². The molecule has 1 aromatic carbocycles. The highest BCUT2D eigenvalue weighted by Crippen LogP contribution is 2.30. The molecule has 4 N–H and O–H groups in total. The van der Waals surface area contributed by atoms with Gasteiger partial charge in [0.25, 0.3) is 0 Å². The van der Waals surface area contributed by atoms with E-state index in [0.717, 1.165) is 51.3 Å². The Morgan fingerprint density at radius 3 is 2.82 bits per heavy atom. The molecule has 10 heteroatoms. The van der Waals surface area contributed by atoms with E-state index in [0.29, 0.717) is 10.8 Å². The lowest BCUT2D eigenvalue weighted by molar-refractivity contribution is 0.155. The maximum Gasteiger partial charge on any atom is 0.708 e. The molecule has 3 rings (SSSR count). The molecule has 1 aliphatic rings. The van der Waals surface area contributed by atoms with E-state index in [2.05, 4.69) is 27.3 Å². The van der Waals surface area contributed by atoms with Gasteiger partial charge < -0.3 is 34.3 Å². The highest BCUT2D eigenvalue weighted by Gasteiger charge is 2.25. The third kappa shape index (κ3) is 5.36. The first-order chi connectivity index (χ1) is 13.6. The van der Waals surface area contributed by atoms with Crippen molar-refractivity contribution in [2.75, 3.05) is 33.3 Å². The maximum absolute atomic E-state index is 8.87. The number of ether oxygens (including phenoxy) is 1. The van der Waals surface area contributed by atoms with Gasteiger partial charge in [-0.3, -0.25) is 4.90 Å². The number of hydrogen-bond donors (Lipinski definition) is 4. The van der Waals surface area contributed by atoms with Gasteiger partial charge in [0.1, 0.15) is 5.75 Å². The van der Waals surface area contributed by atoms with E-state index >= 15 is 0 Å². The molecule has 0 spiro atoms. The Morgan fingerprint density at radius 1 is 1.25 bits per heavy atom. The molecule has 0 aliphatic carbocycles. The summed E-state index contributed by atoms with van der Waals surface area (Å²) < 4.78 is 12.7. The SMILES string of the molecule is COc1ccccc1C1CNCCN1CCCCn1cc(OB(O)O)[nH]c1=S. The standard InChI is InChI=1S/C18H27BN4O4S/c1-26-16-7-3-2-6-14(16)15-12-20-8-11-22(15)9-4-5-10-23-13-17(21-18(23)28)27-19(24)25/h2-3,6-7,13,15,20,24-25H,4-5,8-12H2,1H3,(H,21,28). The van der Waals surface area contributed by atoms with E-state index < -0.39 is 7.32 Å². The van der Waals surface area contributed by atoms with E-state index in [1.165, 1.54) is 5.56 Å². The normalized spacial score (nSPS) is 17.5. The van der Waals surface area contributed by atoms with Gasteiger partial charge in [0, 0.05) is 31.7 Å². The van der Waals surface area contributed by atoms with Gasteiger partial charge in [-0.05, 0) is 37.7 Å². The third-order valence-electron chi connectivity index (χ3n) is 4.94. The minimum absolute atomic E-state index is 0.248. The number of nitrogens with one attached hydrogen (secondary N) is 2. The smallest absolute Gasteiger partial charge is 0.498 e. The van der Waals surface area contributed by atoms with Gasteiger partial charge in [0.15, 0.2) is 10.7 Å². The quantitative estimate of drug-likeness (QED) is 0.284. The van der Waals surface area contributed by atoms with Gasteiger partial charge in [-0.1, -0.05) is 18.2 Å². The summed E-state index contributed by atoms with van der Waals surface area (Å²) in [4.78, 5) is 5.31. The summed E-state index contributed by atoms with van der Waals surface area (Å²) in [6, 6.07) is 8.50. The van der Waals surface area contributed by atoms with Gasteiger partial charge in [-0.15, -0.1) is 0 Å². The highest BCUT2D eigenvalue weighted by atomic mass is 32.1. The van der Waals surface area contributed by atoms with Gasteiger partial charge >= 0.3 is 7.32 Å². The molecule has 0 bridgehead atoms. The Balaban J connectivity index is 1.54. The van der Waals surface area contributed by atoms with E-state index in [1.54, 1.807) is 13.3 Å². The summed E-state index contributed by atoms with van der Waals surface area (Å²) >= 11 is 5.24. The van der Waals surface area contributed by atoms with Crippen molar-refractivity contribution in [2.45, 2.75) is 25.4 Å². The Hall–Kier alpha value is -1.85.